The van der Waals surface area contributed by atoms with E-state index in [0.29, 0.717) is 5.82 Å². The van der Waals surface area contributed by atoms with Crippen LogP contribution in [0.3, 0.4) is 0 Å². The molecule has 0 spiro atoms. The number of nitrogens with one attached hydrogen (secondary N) is 4. The lowest BCUT2D eigenvalue weighted by atomic mass is 10.2. The van der Waals surface area contributed by atoms with Crippen LogP contribution in [0.2, 0.25) is 0 Å². The zero-order chi connectivity index (χ0) is 15.9. The molecule has 1 heterocycles. The van der Waals surface area contributed by atoms with E-state index in [4.69, 9.17) is 0 Å². The van der Waals surface area contributed by atoms with Crippen LogP contribution in [0, 0.1) is 0 Å². The van der Waals surface area contributed by atoms with E-state index in [1.54, 1.807) is 0 Å². The van der Waals surface area contributed by atoms with Gasteiger partial charge in [0.25, 0.3) is 0 Å². The van der Waals surface area contributed by atoms with Crippen molar-refractivity contribution in [1.29, 1.82) is 0 Å². The summed E-state index contributed by atoms with van der Waals surface area (Å²) in [5.41, 5.74) is 0.727. The van der Waals surface area contributed by atoms with Gasteiger partial charge >= 0.3 is 12.1 Å². The maximum Gasteiger partial charge on any atom is 0.321 e. The molecule has 0 aliphatic carbocycles. The van der Waals surface area contributed by atoms with Gasteiger partial charge in [-0.15, -0.1) is 0 Å². The number of aromatic nitrogens is 3. The van der Waals surface area contributed by atoms with Crippen LogP contribution < -0.4 is 21.3 Å². The zero-order valence-corrected chi connectivity index (χ0v) is 12.0. The largest absolute Gasteiger partial charge is 0.341 e. The van der Waals surface area contributed by atoms with Crippen LogP contribution in [0.5, 0.6) is 0 Å². The molecule has 0 atom stereocenters. The third-order valence-electron chi connectivity index (χ3n) is 2.57. The van der Waals surface area contributed by atoms with Gasteiger partial charge in [-0.05, 0) is 0 Å². The van der Waals surface area contributed by atoms with Gasteiger partial charge in [-0.25, -0.2) is 9.59 Å². The van der Waals surface area contributed by atoms with Crippen molar-refractivity contribution in [3.05, 3.63) is 30.3 Å². The van der Waals surface area contributed by atoms with E-state index >= 15 is 0 Å². The third-order valence-corrected chi connectivity index (χ3v) is 2.57. The lowest BCUT2D eigenvalue weighted by molar-refractivity contribution is 0.253. The van der Waals surface area contributed by atoms with Crippen molar-refractivity contribution in [1.82, 2.24) is 25.6 Å². The number of rotatable bonds is 3. The molecule has 4 N–H and O–H groups in total. The van der Waals surface area contributed by atoms with Crippen molar-refractivity contribution in [2.45, 2.75) is 0 Å². The molecule has 1 aromatic carbocycles. The normalized spacial score (nSPS) is 9.73. The second kappa shape index (κ2) is 6.97. The second-order valence-electron chi connectivity index (χ2n) is 4.08. The predicted octanol–water partition coefficient (Wildman–Crippen LogP) is 1.04. The molecule has 22 heavy (non-hydrogen) atoms. The summed E-state index contributed by atoms with van der Waals surface area (Å²) in [5, 5.41) is 9.69. The molecule has 9 nitrogen and oxygen atoms in total. The molecule has 0 fully saturated rings. The minimum Gasteiger partial charge on any atom is -0.341 e. The van der Waals surface area contributed by atoms with E-state index in [1.165, 1.54) is 14.1 Å². The van der Waals surface area contributed by atoms with Crippen LogP contribution in [0.1, 0.15) is 0 Å². The van der Waals surface area contributed by atoms with Gasteiger partial charge in [0.1, 0.15) is 0 Å². The van der Waals surface area contributed by atoms with E-state index in [1.807, 2.05) is 30.3 Å². The Bertz CT molecular complexity index is 639. The molecular weight excluding hydrogens is 286 g/mol. The Balaban J connectivity index is 2.39. The minimum absolute atomic E-state index is 0.0274. The number of urea groups is 2. The monoisotopic (exact) mass is 301 g/mol. The Morgan fingerprint density at radius 1 is 0.818 bits per heavy atom. The molecular formula is C13H15N7O2. The number of benzene rings is 1. The van der Waals surface area contributed by atoms with Crippen molar-refractivity contribution in [3.63, 3.8) is 0 Å². The Labute approximate surface area is 126 Å². The Kier molecular flexibility index (Phi) is 4.81. The Morgan fingerprint density at radius 3 is 1.77 bits per heavy atom. The summed E-state index contributed by atoms with van der Waals surface area (Å²) in [6.45, 7) is 0. The molecule has 114 valence electrons. The molecule has 0 radical (unpaired) electrons. The first kappa shape index (κ1) is 15.2. The minimum atomic E-state index is -0.476. The summed E-state index contributed by atoms with van der Waals surface area (Å²) in [6, 6.07) is 8.18. The SMILES string of the molecule is CNC(=O)Nc1nc(NC(=O)NC)nc(-c2ccccc2)n1. The maximum absolute atomic E-state index is 11.4. The van der Waals surface area contributed by atoms with Gasteiger partial charge in [0.15, 0.2) is 5.82 Å². The fraction of sp³-hybridized carbons (Fsp3) is 0.154. The average molecular weight is 301 g/mol. The van der Waals surface area contributed by atoms with Crippen molar-refractivity contribution in [2.24, 2.45) is 0 Å². The quantitative estimate of drug-likeness (QED) is 0.675. The first-order valence-corrected chi connectivity index (χ1v) is 6.41. The summed E-state index contributed by atoms with van der Waals surface area (Å²) in [6.07, 6.45) is 0. The zero-order valence-electron chi connectivity index (χ0n) is 12.0. The Morgan fingerprint density at radius 2 is 1.32 bits per heavy atom. The van der Waals surface area contributed by atoms with Gasteiger partial charge in [0.05, 0.1) is 0 Å². The number of nitrogens with zero attached hydrogens (tertiary/aromatic N) is 3. The summed E-state index contributed by atoms with van der Waals surface area (Å²) < 4.78 is 0. The second-order valence-corrected chi connectivity index (χ2v) is 4.08. The third kappa shape index (κ3) is 3.88. The van der Waals surface area contributed by atoms with Gasteiger partial charge in [-0.3, -0.25) is 10.6 Å². The first-order valence-electron chi connectivity index (χ1n) is 6.41. The van der Waals surface area contributed by atoms with Gasteiger partial charge in [0.2, 0.25) is 11.9 Å². The van der Waals surface area contributed by atoms with Crippen molar-refractivity contribution < 1.29 is 9.59 Å². The standard InChI is InChI=1S/C13H15N7O2/c1-14-12(21)19-10-16-9(8-6-4-3-5-7-8)17-11(18-10)20-13(22)15-2/h3-7H,1-2H3,(H4,14,15,16,17,18,19,20,21,22). The van der Waals surface area contributed by atoms with Crippen molar-refractivity contribution >= 4 is 24.0 Å². The smallest absolute Gasteiger partial charge is 0.321 e. The van der Waals surface area contributed by atoms with Gasteiger partial charge in [-0.1, -0.05) is 30.3 Å². The molecule has 4 amide bonds. The van der Waals surface area contributed by atoms with Gasteiger partial charge < -0.3 is 10.6 Å². The molecule has 0 unspecified atom stereocenters. The number of hydrogen-bond donors (Lipinski definition) is 4. The molecule has 0 aliphatic rings. The van der Waals surface area contributed by atoms with E-state index in [9.17, 15) is 9.59 Å². The molecule has 0 bridgehead atoms. The molecule has 9 heteroatoms. The highest BCUT2D eigenvalue weighted by molar-refractivity contribution is 5.89. The highest BCUT2D eigenvalue weighted by Crippen LogP contribution is 2.17. The molecule has 0 saturated carbocycles. The molecule has 2 aromatic rings. The maximum atomic E-state index is 11.4. The molecule has 0 aliphatic heterocycles. The van der Waals surface area contributed by atoms with E-state index in [0.717, 1.165) is 5.56 Å². The van der Waals surface area contributed by atoms with Crippen LogP contribution in [-0.2, 0) is 0 Å². The average Bonchev–Trinajstić information content (AvgIpc) is 2.55. The number of hydrogen-bond acceptors (Lipinski definition) is 5. The number of carbonyl (C=O) groups excluding carboxylic acids is 2. The van der Waals surface area contributed by atoms with Crippen LogP contribution in [0.25, 0.3) is 11.4 Å². The molecule has 0 saturated heterocycles. The van der Waals surface area contributed by atoms with Crippen LogP contribution >= 0.6 is 0 Å². The van der Waals surface area contributed by atoms with E-state index in [2.05, 4.69) is 36.2 Å². The molecule has 2 rings (SSSR count). The lowest BCUT2D eigenvalue weighted by Crippen LogP contribution is -2.28. The fourth-order valence-electron chi connectivity index (χ4n) is 1.53. The summed E-state index contributed by atoms with van der Waals surface area (Å²) in [4.78, 5) is 35.1. The highest BCUT2D eigenvalue weighted by Gasteiger charge is 2.11. The van der Waals surface area contributed by atoms with E-state index in [-0.39, 0.29) is 11.9 Å². The van der Waals surface area contributed by atoms with Gasteiger partial charge in [-0.2, -0.15) is 15.0 Å². The first-order chi connectivity index (χ1) is 10.6. The van der Waals surface area contributed by atoms with Crippen molar-refractivity contribution in [3.8, 4) is 11.4 Å². The summed E-state index contributed by atoms with van der Waals surface area (Å²) >= 11 is 0. The summed E-state index contributed by atoms with van der Waals surface area (Å²) in [5.74, 6) is 0.382. The fourth-order valence-corrected chi connectivity index (χ4v) is 1.53. The Hall–Kier alpha value is -3.23. The van der Waals surface area contributed by atoms with Crippen LogP contribution in [0.4, 0.5) is 21.5 Å². The number of amides is 4. The summed E-state index contributed by atoms with van der Waals surface area (Å²) in [7, 11) is 2.94. The van der Waals surface area contributed by atoms with E-state index < -0.39 is 12.1 Å². The number of carbonyl (C=O) groups is 2. The topological polar surface area (TPSA) is 121 Å². The predicted molar refractivity (Wildman–Crippen MR) is 81.4 cm³/mol. The lowest BCUT2D eigenvalue weighted by Gasteiger charge is -2.08. The highest BCUT2D eigenvalue weighted by atomic mass is 16.2. The molecule has 1 aromatic heterocycles. The van der Waals surface area contributed by atoms with Crippen molar-refractivity contribution in [2.75, 3.05) is 24.7 Å². The van der Waals surface area contributed by atoms with Crippen LogP contribution in [-0.4, -0.2) is 41.1 Å². The van der Waals surface area contributed by atoms with Gasteiger partial charge in [0, 0.05) is 19.7 Å². The van der Waals surface area contributed by atoms with Crippen LogP contribution in [0.15, 0.2) is 30.3 Å². The number of anilines is 2.